The quantitative estimate of drug-likeness (QED) is 0.833. The molecule has 1 aliphatic rings. The number of halogens is 1. The molecule has 20 heavy (non-hydrogen) atoms. The lowest BCUT2D eigenvalue weighted by Crippen LogP contribution is -2.27. The van der Waals surface area contributed by atoms with E-state index in [2.05, 4.69) is 42.6 Å². The number of fused-ring (bicyclic) bond motifs is 1. The van der Waals surface area contributed by atoms with Gasteiger partial charge in [-0.05, 0) is 48.4 Å². The molecule has 1 nitrogen and oxygen atoms in total. The Labute approximate surface area is 129 Å². The molecule has 1 unspecified atom stereocenters. The number of thioether (sulfide) groups is 1. The van der Waals surface area contributed by atoms with Crippen LogP contribution in [0.4, 0.5) is 0 Å². The largest absolute Gasteiger partial charge is 0.303 e. The summed E-state index contributed by atoms with van der Waals surface area (Å²) in [5, 5.41) is 4.55. The molecule has 0 bridgehead atoms. The molecule has 1 heterocycles. The topological polar surface area (TPSA) is 12.0 Å². The van der Waals surface area contributed by atoms with Gasteiger partial charge in [0.2, 0.25) is 0 Å². The standard InChI is InChI=1S/C17H18ClNS/c1-12(13-5-4-6-14(18)11-13)19-16-9-10-20-17-8-3-2-7-15(16)17/h2-8,11-12,16,19H,9-10H2,1H3/t12-,16?/m0/s1. The van der Waals surface area contributed by atoms with Gasteiger partial charge >= 0.3 is 0 Å². The minimum Gasteiger partial charge on any atom is -0.303 e. The summed E-state index contributed by atoms with van der Waals surface area (Å²) in [6.45, 7) is 2.20. The van der Waals surface area contributed by atoms with E-state index in [1.165, 1.54) is 28.2 Å². The van der Waals surface area contributed by atoms with Gasteiger partial charge in [0.1, 0.15) is 0 Å². The summed E-state index contributed by atoms with van der Waals surface area (Å²) in [7, 11) is 0. The third-order valence-corrected chi connectivity index (χ3v) is 5.12. The van der Waals surface area contributed by atoms with E-state index in [1.54, 1.807) is 0 Å². The lowest BCUT2D eigenvalue weighted by Gasteiger charge is -2.29. The molecule has 0 aromatic heterocycles. The van der Waals surface area contributed by atoms with E-state index < -0.39 is 0 Å². The monoisotopic (exact) mass is 303 g/mol. The Bertz CT molecular complexity index is 599. The zero-order chi connectivity index (χ0) is 13.9. The van der Waals surface area contributed by atoms with Crippen LogP contribution in [0.3, 0.4) is 0 Å². The summed E-state index contributed by atoms with van der Waals surface area (Å²) >= 11 is 8.04. The molecule has 0 aliphatic carbocycles. The molecule has 0 radical (unpaired) electrons. The summed E-state index contributed by atoms with van der Waals surface area (Å²) in [6, 6.07) is 17.6. The zero-order valence-corrected chi connectivity index (χ0v) is 13.0. The first-order valence-corrected chi connectivity index (χ1v) is 8.33. The molecule has 0 amide bonds. The molecular weight excluding hydrogens is 286 g/mol. The Balaban J connectivity index is 1.79. The van der Waals surface area contributed by atoms with Crippen LogP contribution in [0, 0.1) is 0 Å². The second-order valence-electron chi connectivity index (χ2n) is 5.17. The highest BCUT2D eigenvalue weighted by Crippen LogP contribution is 2.37. The fraction of sp³-hybridized carbons (Fsp3) is 0.294. The highest BCUT2D eigenvalue weighted by atomic mass is 35.5. The van der Waals surface area contributed by atoms with Crippen molar-refractivity contribution in [1.29, 1.82) is 0 Å². The van der Waals surface area contributed by atoms with Gasteiger partial charge < -0.3 is 5.32 Å². The summed E-state index contributed by atoms with van der Waals surface area (Å²) in [5.74, 6) is 1.18. The van der Waals surface area contributed by atoms with Crippen molar-refractivity contribution in [1.82, 2.24) is 5.32 Å². The predicted octanol–water partition coefficient (Wildman–Crippen LogP) is 5.23. The smallest absolute Gasteiger partial charge is 0.0409 e. The van der Waals surface area contributed by atoms with Crippen LogP contribution in [0.5, 0.6) is 0 Å². The number of hydrogen-bond donors (Lipinski definition) is 1. The van der Waals surface area contributed by atoms with Gasteiger partial charge in [0.25, 0.3) is 0 Å². The van der Waals surface area contributed by atoms with Gasteiger partial charge in [0.15, 0.2) is 0 Å². The van der Waals surface area contributed by atoms with Gasteiger partial charge in [-0.25, -0.2) is 0 Å². The van der Waals surface area contributed by atoms with Crippen LogP contribution in [-0.4, -0.2) is 5.75 Å². The van der Waals surface area contributed by atoms with Crippen molar-refractivity contribution in [3.05, 3.63) is 64.7 Å². The van der Waals surface area contributed by atoms with Crippen molar-refractivity contribution >= 4 is 23.4 Å². The number of benzene rings is 2. The van der Waals surface area contributed by atoms with Crippen LogP contribution in [0.1, 0.15) is 36.6 Å². The molecule has 2 atom stereocenters. The first-order chi connectivity index (χ1) is 9.74. The Hall–Kier alpha value is -0.960. The van der Waals surface area contributed by atoms with Crippen molar-refractivity contribution < 1.29 is 0 Å². The molecular formula is C17H18ClNS. The maximum absolute atomic E-state index is 6.08. The lowest BCUT2D eigenvalue weighted by atomic mass is 10.0. The Morgan fingerprint density at radius 1 is 1.20 bits per heavy atom. The molecule has 0 saturated heterocycles. The molecule has 0 spiro atoms. The van der Waals surface area contributed by atoms with Crippen LogP contribution in [0.25, 0.3) is 0 Å². The first kappa shape index (κ1) is 14.0. The predicted molar refractivity (Wildman–Crippen MR) is 87.5 cm³/mol. The van der Waals surface area contributed by atoms with E-state index in [0.717, 1.165) is 5.02 Å². The fourth-order valence-corrected chi connectivity index (χ4v) is 4.01. The van der Waals surface area contributed by atoms with E-state index in [9.17, 15) is 0 Å². The van der Waals surface area contributed by atoms with E-state index in [4.69, 9.17) is 11.6 Å². The highest BCUT2D eigenvalue weighted by molar-refractivity contribution is 7.99. The molecule has 104 valence electrons. The average Bonchev–Trinajstić information content (AvgIpc) is 2.47. The molecule has 3 heteroatoms. The maximum atomic E-state index is 6.08. The Morgan fingerprint density at radius 3 is 2.90 bits per heavy atom. The van der Waals surface area contributed by atoms with Gasteiger partial charge in [0.05, 0.1) is 0 Å². The van der Waals surface area contributed by atoms with Crippen LogP contribution >= 0.6 is 23.4 Å². The minimum absolute atomic E-state index is 0.301. The fourth-order valence-electron chi connectivity index (χ4n) is 2.69. The molecule has 3 rings (SSSR count). The molecule has 2 aromatic carbocycles. The van der Waals surface area contributed by atoms with Crippen molar-refractivity contribution in [3.63, 3.8) is 0 Å². The second kappa shape index (κ2) is 6.21. The van der Waals surface area contributed by atoms with E-state index >= 15 is 0 Å². The molecule has 0 saturated carbocycles. The summed E-state index contributed by atoms with van der Waals surface area (Å²) < 4.78 is 0. The number of hydrogen-bond acceptors (Lipinski definition) is 2. The van der Waals surface area contributed by atoms with Crippen molar-refractivity contribution in [2.24, 2.45) is 0 Å². The van der Waals surface area contributed by atoms with Crippen LogP contribution in [0.2, 0.25) is 5.02 Å². The van der Waals surface area contributed by atoms with Crippen LogP contribution < -0.4 is 5.32 Å². The third-order valence-electron chi connectivity index (χ3n) is 3.76. The third kappa shape index (κ3) is 3.03. The second-order valence-corrected chi connectivity index (χ2v) is 6.74. The van der Waals surface area contributed by atoms with Gasteiger partial charge in [-0.15, -0.1) is 11.8 Å². The van der Waals surface area contributed by atoms with Gasteiger partial charge in [-0.1, -0.05) is 41.9 Å². The summed E-state index contributed by atoms with van der Waals surface area (Å²) in [4.78, 5) is 1.41. The summed E-state index contributed by atoms with van der Waals surface area (Å²) in [6.07, 6.45) is 1.17. The zero-order valence-electron chi connectivity index (χ0n) is 11.5. The van der Waals surface area contributed by atoms with Gasteiger partial charge in [-0.2, -0.15) is 0 Å². The molecule has 0 fully saturated rings. The Kier molecular flexibility index (Phi) is 4.35. The van der Waals surface area contributed by atoms with Crippen molar-refractivity contribution in [3.8, 4) is 0 Å². The van der Waals surface area contributed by atoms with E-state index in [0.29, 0.717) is 12.1 Å². The maximum Gasteiger partial charge on any atom is 0.0409 e. The van der Waals surface area contributed by atoms with E-state index in [1.807, 2.05) is 30.0 Å². The first-order valence-electron chi connectivity index (χ1n) is 6.97. The van der Waals surface area contributed by atoms with Crippen LogP contribution in [0.15, 0.2) is 53.4 Å². The number of nitrogens with one attached hydrogen (secondary N) is 1. The lowest BCUT2D eigenvalue weighted by molar-refractivity contribution is 0.450. The molecule has 1 aliphatic heterocycles. The van der Waals surface area contributed by atoms with Crippen molar-refractivity contribution in [2.75, 3.05) is 5.75 Å². The summed E-state index contributed by atoms with van der Waals surface area (Å²) in [5.41, 5.74) is 2.67. The normalized spacial score (nSPS) is 19.4. The number of rotatable bonds is 3. The minimum atomic E-state index is 0.301. The average molecular weight is 304 g/mol. The van der Waals surface area contributed by atoms with Gasteiger partial charge in [-0.3, -0.25) is 0 Å². The SMILES string of the molecule is C[C@H](NC1CCSc2ccccc21)c1cccc(Cl)c1. The molecule has 2 aromatic rings. The highest BCUT2D eigenvalue weighted by Gasteiger charge is 2.21. The van der Waals surface area contributed by atoms with Gasteiger partial charge in [0, 0.05) is 22.0 Å². The van der Waals surface area contributed by atoms with Crippen LogP contribution in [-0.2, 0) is 0 Å². The van der Waals surface area contributed by atoms with E-state index in [-0.39, 0.29) is 0 Å². The molecule has 1 N–H and O–H groups in total. The Morgan fingerprint density at radius 2 is 2.05 bits per heavy atom. The van der Waals surface area contributed by atoms with Crippen molar-refractivity contribution in [2.45, 2.75) is 30.3 Å².